The third-order valence-electron chi connectivity index (χ3n) is 2.27. The highest BCUT2D eigenvalue weighted by Gasteiger charge is 2.10. The molecule has 0 fully saturated rings. The van der Waals surface area contributed by atoms with E-state index in [-0.39, 0.29) is 6.42 Å². The SMILES string of the molecule is O=Cn1c(CC(=O)O)cc2ccccc21. The second-order valence-corrected chi connectivity index (χ2v) is 3.24. The normalized spacial score (nSPS) is 10.4. The zero-order chi connectivity index (χ0) is 10.8. The summed E-state index contributed by atoms with van der Waals surface area (Å²) in [4.78, 5) is 21.4. The second-order valence-electron chi connectivity index (χ2n) is 3.24. The van der Waals surface area contributed by atoms with Gasteiger partial charge in [0.2, 0.25) is 6.41 Å². The molecule has 0 amide bonds. The van der Waals surface area contributed by atoms with Gasteiger partial charge >= 0.3 is 5.97 Å². The van der Waals surface area contributed by atoms with Crippen LogP contribution in [0.25, 0.3) is 10.9 Å². The summed E-state index contributed by atoms with van der Waals surface area (Å²) >= 11 is 0. The Hall–Kier alpha value is -2.10. The maximum atomic E-state index is 10.9. The van der Waals surface area contributed by atoms with E-state index in [1.54, 1.807) is 12.1 Å². The zero-order valence-corrected chi connectivity index (χ0v) is 7.88. The van der Waals surface area contributed by atoms with Gasteiger partial charge in [-0.25, -0.2) is 0 Å². The topological polar surface area (TPSA) is 59.3 Å². The molecule has 15 heavy (non-hydrogen) atoms. The first kappa shape index (κ1) is 9.45. The lowest BCUT2D eigenvalue weighted by atomic mass is 10.2. The highest BCUT2D eigenvalue weighted by molar-refractivity contribution is 5.88. The fourth-order valence-corrected chi connectivity index (χ4v) is 1.65. The first-order valence-electron chi connectivity index (χ1n) is 4.48. The summed E-state index contributed by atoms with van der Waals surface area (Å²) in [7, 11) is 0. The van der Waals surface area contributed by atoms with Gasteiger partial charge in [-0.1, -0.05) is 18.2 Å². The van der Waals surface area contributed by atoms with Gasteiger partial charge in [-0.2, -0.15) is 0 Å². The number of fused-ring (bicyclic) bond motifs is 1. The van der Waals surface area contributed by atoms with Gasteiger partial charge in [0.05, 0.1) is 11.9 Å². The number of hydrogen-bond acceptors (Lipinski definition) is 2. The maximum Gasteiger partial charge on any atom is 0.309 e. The molecule has 2 rings (SSSR count). The molecule has 4 nitrogen and oxygen atoms in total. The van der Waals surface area contributed by atoms with Gasteiger partial charge in [0.1, 0.15) is 0 Å². The minimum absolute atomic E-state index is 0.145. The molecule has 1 aromatic carbocycles. The standard InChI is InChI=1S/C11H9NO3/c13-7-12-9(6-11(14)15)5-8-3-1-2-4-10(8)12/h1-5,7H,6H2,(H,14,15). The van der Waals surface area contributed by atoms with Crippen molar-refractivity contribution in [3.05, 3.63) is 36.0 Å². The summed E-state index contributed by atoms with van der Waals surface area (Å²) in [6.07, 6.45) is 0.494. The number of benzene rings is 1. The monoisotopic (exact) mass is 203 g/mol. The van der Waals surface area contributed by atoms with Crippen molar-refractivity contribution in [3.8, 4) is 0 Å². The largest absolute Gasteiger partial charge is 0.481 e. The Balaban J connectivity index is 2.63. The average molecular weight is 203 g/mol. The number of aliphatic carboxylic acids is 1. The van der Waals surface area contributed by atoms with E-state index in [1.807, 2.05) is 18.2 Å². The zero-order valence-electron chi connectivity index (χ0n) is 7.88. The van der Waals surface area contributed by atoms with Crippen LogP contribution < -0.4 is 0 Å². The van der Waals surface area contributed by atoms with Crippen LogP contribution in [0.4, 0.5) is 0 Å². The molecule has 0 aliphatic heterocycles. The van der Waals surface area contributed by atoms with Gasteiger partial charge in [0.25, 0.3) is 0 Å². The number of aromatic nitrogens is 1. The van der Waals surface area contributed by atoms with Gasteiger partial charge in [-0.05, 0) is 12.1 Å². The molecule has 0 atom stereocenters. The number of nitrogens with zero attached hydrogens (tertiary/aromatic N) is 1. The maximum absolute atomic E-state index is 10.9. The van der Waals surface area contributed by atoms with E-state index in [1.165, 1.54) is 4.57 Å². The lowest BCUT2D eigenvalue weighted by Crippen LogP contribution is -2.07. The smallest absolute Gasteiger partial charge is 0.309 e. The van der Waals surface area contributed by atoms with Crippen molar-refractivity contribution in [1.29, 1.82) is 0 Å². The second kappa shape index (κ2) is 3.57. The van der Waals surface area contributed by atoms with Crippen LogP contribution in [-0.2, 0) is 16.0 Å². The molecule has 0 bridgehead atoms. The van der Waals surface area contributed by atoms with E-state index in [0.29, 0.717) is 12.1 Å². The summed E-state index contributed by atoms with van der Waals surface area (Å²) in [6, 6.07) is 9.02. The fraction of sp³-hybridized carbons (Fsp3) is 0.0909. The van der Waals surface area contributed by atoms with E-state index < -0.39 is 5.97 Å². The van der Waals surface area contributed by atoms with E-state index >= 15 is 0 Å². The molecule has 76 valence electrons. The summed E-state index contributed by atoms with van der Waals surface area (Å²) in [5.74, 6) is -0.944. The van der Waals surface area contributed by atoms with Crippen molar-refractivity contribution in [2.75, 3.05) is 0 Å². The fourth-order valence-electron chi connectivity index (χ4n) is 1.65. The van der Waals surface area contributed by atoms with Gasteiger partial charge < -0.3 is 5.11 Å². The summed E-state index contributed by atoms with van der Waals surface area (Å²) in [5, 5.41) is 9.56. The summed E-state index contributed by atoms with van der Waals surface area (Å²) in [5.41, 5.74) is 1.24. The van der Waals surface area contributed by atoms with Crippen molar-refractivity contribution in [1.82, 2.24) is 4.57 Å². The lowest BCUT2D eigenvalue weighted by Gasteiger charge is -1.98. The van der Waals surface area contributed by atoms with Crippen molar-refractivity contribution >= 4 is 23.3 Å². The molecule has 0 aliphatic carbocycles. The molecule has 0 radical (unpaired) electrons. The summed E-state index contributed by atoms with van der Waals surface area (Å²) in [6.45, 7) is 0. The minimum atomic E-state index is -0.944. The van der Waals surface area contributed by atoms with Crippen molar-refractivity contribution in [2.45, 2.75) is 6.42 Å². The number of carboxylic acid groups (broad SMARTS) is 1. The molecule has 0 unspecified atom stereocenters. The lowest BCUT2D eigenvalue weighted by molar-refractivity contribution is -0.136. The van der Waals surface area contributed by atoms with Crippen LogP contribution in [0.15, 0.2) is 30.3 Å². The first-order valence-corrected chi connectivity index (χ1v) is 4.48. The van der Waals surface area contributed by atoms with Gasteiger partial charge in [-0.15, -0.1) is 0 Å². The molecule has 4 heteroatoms. The molecule has 0 aliphatic rings. The van der Waals surface area contributed by atoms with E-state index in [9.17, 15) is 9.59 Å². The number of carbonyl (C=O) groups is 2. The Kier molecular flexibility index (Phi) is 2.25. The van der Waals surface area contributed by atoms with Crippen LogP contribution >= 0.6 is 0 Å². The molecule has 1 N–H and O–H groups in total. The molecular weight excluding hydrogens is 194 g/mol. The van der Waals surface area contributed by atoms with Crippen molar-refractivity contribution in [2.24, 2.45) is 0 Å². The van der Waals surface area contributed by atoms with Crippen molar-refractivity contribution in [3.63, 3.8) is 0 Å². The number of carboxylic acids is 1. The van der Waals surface area contributed by atoms with Gasteiger partial charge in [0.15, 0.2) is 0 Å². The van der Waals surface area contributed by atoms with Crippen LogP contribution in [0.1, 0.15) is 5.69 Å². The van der Waals surface area contributed by atoms with E-state index in [0.717, 1.165) is 10.9 Å². The Morgan fingerprint density at radius 3 is 2.80 bits per heavy atom. The number of hydrogen-bond donors (Lipinski definition) is 1. The highest BCUT2D eigenvalue weighted by Crippen LogP contribution is 2.18. The summed E-state index contributed by atoms with van der Waals surface area (Å²) < 4.78 is 1.36. The van der Waals surface area contributed by atoms with Crippen LogP contribution in [0, 0.1) is 0 Å². The molecular formula is C11H9NO3. The Morgan fingerprint density at radius 2 is 2.13 bits per heavy atom. The molecule has 0 spiro atoms. The van der Waals surface area contributed by atoms with Gasteiger partial charge in [0, 0.05) is 11.1 Å². The Bertz CT molecular complexity index is 528. The third-order valence-corrected chi connectivity index (χ3v) is 2.27. The Labute approximate surface area is 85.7 Å². The number of rotatable bonds is 3. The predicted molar refractivity (Wildman–Crippen MR) is 55.4 cm³/mol. The number of carbonyl (C=O) groups excluding carboxylic acids is 1. The van der Waals surface area contributed by atoms with Crippen LogP contribution in [0.2, 0.25) is 0 Å². The van der Waals surface area contributed by atoms with Crippen LogP contribution in [0.3, 0.4) is 0 Å². The minimum Gasteiger partial charge on any atom is -0.481 e. The molecule has 2 aromatic rings. The molecule has 0 saturated carbocycles. The predicted octanol–water partition coefficient (Wildman–Crippen LogP) is 1.31. The third kappa shape index (κ3) is 1.61. The molecule has 0 saturated heterocycles. The molecule has 1 heterocycles. The quantitative estimate of drug-likeness (QED) is 0.765. The number of para-hydroxylation sites is 1. The van der Waals surface area contributed by atoms with Crippen LogP contribution in [-0.4, -0.2) is 22.1 Å². The average Bonchev–Trinajstić information content (AvgIpc) is 2.53. The van der Waals surface area contributed by atoms with E-state index in [4.69, 9.17) is 5.11 Å². The van der Waals surface area contributed by atoms with Crippen molar-refractivity contribution < 1.29 is 14.7 Å². The van der Waals surface area contributed by atoms with Crippen LogP contribution in [0.5, 0.6) is 0 Å². The van der Waals surface area contributed by atoms with E-state index in [2.05, 4.69) is 0 Å². The molecule has 1 aromatic heterocycles. The first-order chi connectivity index (χ1) is 7.22. The highest BCUT2D eigenvalue weighted by atomic mass is 16.4. The Morgan fingerprint density at radius 1 is 1.40 bits per heavy atom. The van der Waals surface area contributed by atoms with Gasteiger partial charge in [-0.3, -0.25) is 14.2 Å².